The molecule has 0 saturated carbocycles. The van der Waals surface area contributed by atoms with Crippen LogP contribution in [0.5, 0.6) is 0 Å². The first-order valence-corrected chi connectivity index (χ1v) is 6.43. The van der Waals surface area contributed by atoms with Gasteiger partial charge in [0.15, 0.2) is 5.82 Å². The zero-order valence-electron chi connectivity index (χ0n) is 10.9. The van der Waals surface area contributed by atoms with E-state index in [1.54, 1.807) is 0 Å². The minimum atomic E-state index is -0.295. The third-order valence-electron chi connectivity index (χ3n) is 3.73. The minimum absolute atomic E-state index is 0.0782. The van der Waals surface area contributed by atoms with Gasteiger partial charge in [-0.25, -0.2) is 0 Å². The molecule has 0 aliphatic carbocycles. The third kappa shape index (κ3) is 2.50. The summed E-state index contributed by atoms with van der Waals surface area (Å²) < 4.78 is 0. The lowest BCUT2D eigenvalue weighted by Gasteiger charge is -2.36. The normalized spacial score (nSPS) is 25.7. The first kappa shape index (κ1) is 12.9. The molecule has 1 aromatic heterocycles. The second kappa shape index (κ2) is 5.43. The number of amides is 1. The van der Waals surface area contributed by atoms with Crippen LogP contribution >= 0.6 is 0 Å². The summed E-state index contributed by atoms with van der Waals surface area (Å²) in [7, 11) is 0. The molecule has 7 heteroatoms. The van der Waals surface area contributed by atoms with Crippen LogP contribution < -0.4 is 10.6 Å². The SMILES string of the molecule is CCC1(C(=O)NC(C)c2nn[nH]n2)CCCNC1. The van der Waals surface area contributed by atoms with Crippen LogP contribution in [0, 0.1) is 5.41 Å². The lowest BCUT2D eigenvalue weighted by molar-refractivity contribution is -0.133. The molecule has 1 aliphatic heterocycles. The number of aromatic amines is 1. The molecule has 0 aromatic carbocycles. The van der Waals surface area contributed by atoms with E-state index in [1.165, 1.54) is 0 Å². The number of tetrazole rings is 1. The van der Waals surface area contributed by atoms with E-state index < -0.39 is 0 Å². The van der Waals surface area contributed by atoms with Gasteiger partial charge in [-0.2, -0.15) is 5.21 Å². The minimum Gasteiger partial charge on any atom is -0.346 e. The Bertz CT molecular complexity index is 384. The number of nitrogens with zero attached hydrogens (tertiary/aromatic N) is 3. The first-order chi connectivity index (χ1) is 8.68. The van der Waals surface area contributed by atoms with Crippen LogP contribution in [0.15, 0.2) is 0 Å². The highest BCUT2D eigenvalue weighted by Crippen LogP contribution is 2.30. The van der Waals surface area contributed by atoms with Gasteiger partial charge in [0.25, 0.3) is 0 Å². The maximum absolute atomic E-state index is 12.4. The molecule has 1 aliphatic rings. The monoisotopic (exact) mass is 252 g/mol. The van der Waals surface area contributed by atoms with E-state index >= 15 is 0 Å². The van der Waals surface area contributed by atoms with E-state index in [0.717, 1.165) is 32.4 Å². The Balaban J connectivity index is 2.01. The molecule has 3 N–H and O–H groups in total. The molecular formula is C11H20N6O. The summed E-state index contributed by atoms with van der Waals surface area (Å²) in [5.41, 5.74) is -0.295. The smallest absolute Gasteiger partial charge is 0.228 e. The molecule has 2 unspecified atom stereocenters. The summed E-state index contributed by atoms with van der Waals surface area (Å²) in [4.78, 5) is 12.4. The second-order valence-corrected chi connectivity index (χ2v) is 4.88. The molecule has 1 amide bonds. The number of carbonyl (C=O) groups excluding carboxylic acids is 1. The predicted octanol–water partition coefficient (Wildman–Crippen LogP) is 0.157. The highest BCUT2D eigenvalue weighted by atomic mass is 16.2. The standard InChI is InChI=1S/C11H20N6O/c1-3-11(5-4-6-12-7-11)10(18)13-8(2)9-14-16-17-15-9/h8,12H,3-7H2,1-2H3,(H,13,18)(H,14,15,16,17). The summed E-state index contributed by atoms with van der Waals surface area (Å²) in [6.07, 6.45) is 2.81. The fraction of sp³-hybridized carbons (Fsp3) is 0.818. The molecule has 2 atom stereocenters. The topological polar surface area (TPSA) is 95.6 Å². The average Bonchev–Trinajstić information content (AvgIpc) is 2.93. The molecular weight excluding hydrogens is 232 g/mol. The fourth-order valence-electron chi connectivity index (χ4n) is 2.39. The van der Waals surface area contributed by atoms with E-state index in [1.807, 2.05) is 6.92 Å². The zero-order valence-corrected chi connectivity index (χ0v) is 10.9. The Hall–Kier alpha value is -1.50. The number of hydrogen-bond donors (Lipinski definition) is 3. The van der Waals surface area contributed by atoms with Crippen LogP contribution in [0.1, 0.15) is 45.0 Å². The van der Waals surface area contributed by atoms with E-state index in [0.29, 0.717) is 5.82 Å². The quantitative estimate of drug-likeness (QED) is 0.709. The molecule has 7 nitrogen and oxygen atoms in total. The predicted molar refractivity (Wildman–Crippen MR) is 65.6 cm³/mol. The zero-order chi connectivity index (χ0) is 13.0. The number of hydrogen-bond acceptors (Lipinski definition) is 5. The summed E-state index contributed by atoms with van der Waals surface area (Å²) in [5.74, 6) is 0.591. The Labute approximate surface area is 106 Å². The largest absolute Gasteiger partial charge is 0.346 e. The van der Waals surface area contributed by atoms with Gasteiger partial charge in [-0.05, 0) is 32.7 Å². The summed E-state index contributed by atoms with van der Waals surface area (Å²) >= 11 is 0. The van der Waals surface area contributed by atoms with Crippen LogP contribution in [-0.2, 0) is 4.79 Å². The van der Waals surface area contributed by atoms with Crippen LogP contribution in [-0.4, -0.2) is 39.6 Å². The average molecular weight is 252 g/mol. The van der Waals surface area contributed by atoms with Crippen molar-refractivity contribution in [1.82, 2.24) is 31.3 Å². The van der Waals surface area contributed by atoms with Gasteiger partial charge in [0.05, 0.1) is 11.5 Å². The second-order valence-electron chi connectivity index (χ2n) is 4.88. The van der Waals surface area contributed by atoms with Crippen LogP contribution in [0.3, 0.4) is 0 Å². The maximum atomic E-state index is 12.4. The number of piperidine rings is 1. The maximum Gasteiger partial charge on any atom is 0.228 e. The summed E-state index contributed by atoms with van der Waals surface area (Å²) in [6, 6.07) is -0.221. The van der Waals surface area contributed by atoms with E-state index in [4.69, 9.17) is 0 Å². The van der Waals surface area contributed by atoms with Crippen LogP contribution in [0.25, 0.3) is 0 Å². The van der Waals surface area contributed by atoms with Gasteiger partial charge in [-0.1, -0.05) is 12.1 Å². The van der Waals surface area contributed by atoms with Crippen molar-refractivity contribution in [3.8, 4) is 0 Å². The van der Waals surface area contributed by atoms with Gasteiger partial charge in [0.2, 0.25) is 5.91 Å². The Morgan fingerprint density at radius 1 is 1.61 bits per heavy atom. The number of carbonyl (C=O) groups is 1. The van der Waals surface area contributed by atoms with Gasteiger partial charge in [-0.3, -0.25) is 4.79 Å². The summed E-state index contributed by atoms with van der Waals surface area (Å²) in [6.45, 7) is 5.66. The fourth-order valence-corrected chi connectivity index (χ4v) is 2.39. The first-order valence-electron chi connectivity index (χ1n) is 6.43. The Kier molecular flexibility index (Phi) is 3.90. The molecule has 1 saturated heterocycles. The molecule has 100 valence electrons. The van der Waals surface area contributed by atoms with Crippen LogP contribution in [0.2, 0.25) is 0 Å². The van der Waals surface area contributed by atoms with Crippen molar-refractivity contribution in [2.45, 2.75) is 39.2 Å². The number of rotatable bonds is 4. The molecule has 2 rings (SSSR count). The van der Waals surface area contributed by atoms with Crippen molar-refractivity contribution in [3.63, 3.8) is 0 Å². The molecule has 0 radical (unpaired) electrons. The van der Waals surface area contributed by atoms with Crippen molar-refractivity contribution in [2.24, 2.45) is 5.41 Å². The Morgan fingerprint density at radius 3 is 3.00 bits per heavy atom. The lowest BCUT2D eigenvalue weighted by atomic mass is 9.77. The van der Waals surface area contributed by atoms with E-state index in [2.05, 4.69) is 38.2 Å². The Morgan fingerprint density at radius 2 is 2.44 bits per heavy atom. The van der Waals surface area contributed by atoms with Crippen LogP contribution in [0.4, 0.5) is 0 Å². The van der Waals surface area contributed by atoms with Crippen molar-refractivity contribution in [3.05, 3.63) is 5.82 Å². The molecule has 0 spiro atoms. The number of H-pyrrole nitrogens is 1. The lowest BCUT2D eigenvalue weighted by Crippen LogP contribution is -2.50. The van der Waals surface area contributed by atoms with E-state index in [-0.39, 0.29) is 17.4 Å². The summed E-state index contributed by atoms with van der Waals surface area (Å²) in [5, 5.41) is 19.9. The van der Waals surface area contributed by atoms with Crippen molar-refractivity contribution >= 4 is 5.91 Å². The third-order valence-corrected chi connectivity index (χ3v) is 3.73. The molecule has 1 fully saturated rings. The van der Waals surface area contributed by atoms with Gasteiger partial charge in [-0.15, -0.1) is 10.2 Å². The number of aromatic nitrogens is 4. The highest BCUT2D eigenvalue weighted by Gasteiger charge is 2.38. The highest BCUT2D eigenvalue weighted by molar-refractivity contribution is 5.83. The van der Waals surface area contributed by atoms with E-state index in [9.17, 15) is 4.79 Å². The van der Waals surface area contributed by atoms with Crippen molar-refractivity contribution in [1.29, 1.82) is 0 Å². The van der Waals surface area contributed by atoms with Gasteiger partial charge in [0.1, 0.15) is 0 Å². The molecule has 0 bridgehead atoms. The van der Waals surface area contributed by atoms with Gasteiger partial charge < -0.3 is 10.6 Å². The van der Waals surface area contributed by atoms with Crippen molar-refractivity contribution < 1.29 is 4.79 Å². The molecule has 1 aromatic rings. The number of nitrogens with one attached hydrogen (secondary N) is 3. The molecule has 18 heavy (non-hydrogen) atoms. The molecule has 2 heterocycles. The van der Waals surface area contributed by atoms with Crippen molar-refractivity contribution in [2.75, 3.05) is 13.1 Å². The van der Waals surface area contributed by atoms with Gasteiger partial charge >= 0.3 is 0 Å². The van der Waals surface area contributed by atoms with Gasteiger partial charge in [0, 0.05) is 6.54 Å².